The highest BCUT2D eigenvalue weighted by Gasteiger charge is 2.37. The van der Waals surface area contributed by atoms with Crippen molar-refractivity contribution in [2.75, 3.05) is 33.8 Å². The first-order valence-electron chi connectivity index (χ1n) is 8.58. The van der Waals surface area contributed by atoms with E-state index in [0.29, 0.717) is 19.7 Å². The molecule has 2 aromatic carbocycles. The number of morpholine rings is 1. The van der Waals surface area contributed by atoms with Crippen molar-refractivity contribution in [2.24, 2.45) is 0 Å². The third kappa shape index (κ3) is 3.86. The van der Waals surface area contributed by atoms with Gasteiger partial charge < -0.3 is 19.6 Å². The summed E-state index contributed by atoms with van der Waals surface area (Å²) in [4.78, 5) is 16.9. The van der Waals surface area contributed by atoms with Crippen LogP contribution in [0.25, 0.3) is 0 Å². The maximum absolute atomic E-state index is 13.4. The third-order valence-electron chi connectivity index (χ3n) is 4.49. The minimum Gasteiger partial charge on any atom is -0.505 e. The number of aromatic hydroxyl groups is 1. The molecule has 1 aliphatic rings. The molecule has 2 aromatic rings. The van der Waals surface area contributed by atoms with Gasteiger partial charge in [-0.1, -0.05) is 30.3 Å². The normalized spacial score (nSPS) is 20.4. The van der Waals surface area contributed by atoms with Crippen molar-refractivity contribution >= 4 is 5.91 Å². The predicted octanol–water partition coefficient (Wildman–Crippen LogP) is 2.68. The Labute approximate surface area is 152 Å². The number of nitrogens with zero attached hydrogens (tertiary/aromatic N) is 2. The Morgan fingerprint density at radius 3 is 2.65 bits per heavy atom. The Balaban J connectivity index is 1.96. The molecule has 0 saturated carbocycles. The number of phenols is 1. The molecule has 0 aliphatic carbocycles. The maximum atomic E-state index is 13.4. The van der Waals surface area contributed by atoms with Crippen LogP contribution in [0.15, 0.2) is 48.5 Å². The molecule has 0 unspecified atom stereocenters. The number of carbonyl (C=O) groups excluding carboxylic acids is 1. The van der Waals surface area contributed by atoms with Gasteiger partial charge >= 0.3 is 0 Å². The molecule has 0 aromatic heterocycles. The van der Waals surface area contributed by atoms with Crippen LogP contribution in [0, 0.1) is 5.82 Å². The van der Waals surface area contributed by atoms with Gasteiger partial charge in [-0.3, -0.25) is 4.79 Å². The van der Waals surface area contributed by atoms with Gasteiger partial charge in [-0.25, -0.2) is 4.39 Å². The van der Waals surface area contributed by atoms with Gasteiger partial charge in [0.15, 0.2) is 11.6 Å². The van der Waals surface area contributed by atoms with Crippen molar-refractivity contribution in [2.45, 2.75) is 12.1 Å². The molecule has 1 amide bonds. The highest BCUT2D eigenvalue weighted by molar-refractivity contribution is 5.95. The number of hydrogen-bond donors (Lipinski definition) is 1. The SMILES string of the molecule is CN(C)C[C@@H]1OCCN(C(=O)c2ccc(F)c(O)c2)[C@H]1c1ccccc1. The van der Waals surface area contributed by atoms with Crippen molar-refractivity contribution in [3.05, 3.63) is 65.5 Å². The van der Waals surface area contributed by atoms with E-state index in [4.69, 9.17) is 4.74 Å². The van der Waals surface area contributed by atoms with E-state index in [2.05, 4.69) is 0 Å². The summed E-state index contributed by atoms with van der Waals surface area (Å²) in [6.45, 7) is 1.53. The summed E-state index contributed by atoms with van der Waals surface area (Å²) in [5, 5.41) is 9.62. The Morgan fingerprint density at radius 2 is 2.00 bits per heavy atom. The van der Waals surface area contributed by atoms with Crippen LogP contribution in [0.5, 0.6) is 5.75 Å². The van der Waals surface area contributed by atoms with Crippen LogP contribution in [-0.2, 0) is 4.74 Å². The molecule has 1 aliphatic heterocycles. The monoisotopic (exact) mass is 358 g/mol. The quantitative estimate of drug-likeness (QED) is 0.913. The van der Waals surface area contributed by atoms with Crippen LogP contribution >= 0.6 is 0 Å². The zero-order chi connectivity index (χ0) is 18.7. The molecule has 1 saturated heterocycles. The summed E-state index contributed by atoms with van der Waals surface area (Å²) in [6.07, 6.45) is -0.181. The highest BCUT2D eigenvalue weighted by Crippen LogP contribution is 2.32. The van der Waals surface area contributed by atoms with Crippen LogP contribution in [0.2, 0.25) is 0 Å². The summed E-state index contributed by atoms with van der Waals surface area (Å²) in [5.74, 6) is -1.51. The average Bonchev–Trinajstić information content (AvgIpc) is 2.63. The second-order valence-electron chi connectivity index (χ2n) is 6.69. The van der Waals surface area contributed by atoms with E-state index in [1.54, 1.807) is 4.90 Å². The van der Waals surface area contributed by atoms with Gasteiger partial charge in [-0.15, -0.1) is 0 Å². The fraction of sp³-hybridized carbons (Fsp3) is 0.350. The van der Waals surface area contributed by atoms with Crippen LogP contribution in [-0.4, -0.2) is 60.7 Å². The minimum atomic E-state index is -0.742. The molecular formula is C20H23FN2O3. The lowest BCUT2D eigenvalue weighted by Crippen LogP contribution is -2.51. The van der Waals surface area contributed by atoms with E-state index in [0.717, 1.165) is 11.6 Å². The number of halogens is 1. The van der Waals surface area contributed by atoms with Crippen LogP contribution in [0.1, 0.15) is 22.0 Å². The van der Waals surface area contributed by atoms with E-state index in [-0.39, 0.29) is 23.6 Å². The van der Waals surface area contributed by atoms with Gasteiger partial charge in [0.05, 0.1) is 18.8 Å². The first-order valence-corrected chi connectivity index (χ1v) is 8.58. The molecular weight excluding hydrogens is 335 g/mol. The number of likely N-dealkylation sites (N-methyl/N-ethyl adjacent to an activating group) is 1. The minimum absolute atomic E-state index is 0.181. The van der Waals surface area contributed by atoms with Crippen LogP contribution in [0.3, 0.4) is 0 Å². The molecule has 3 rings (SSSR count). The smallest absolute Gasteiger partial charge is 0.254 e. The molecule has 1 N–H and O–H groups in total. The fourth-order valence-corrected chi connectivity index (χ4v) is 3.33. The largest absolute Gasteiger partial charge is 0.505 e. The summed E-state index contributed by atoms with van der Waals surface area (Å²) < 4.78 is 19.3. The van der Waals surface area contributed by atoms with E-state index < -0.39 is 11.6 Å². The Hall–Kier alpha value is -2.44. The molecule has 0 bridgehead atoms. The average molecular weight is 358 g/mol. The molecule has 0 spiro atoms. The van der Waals surface area contributed by atoms with Gasteiger partial charge in [0, 0.05) is 18.7 Å². The fourth-order valence-electron chi connectivity index (χ4n) is 3.33. The van der Waals surface area contributed by atoms with E-state index >= 15 is 0 Å². The topological polar surface area (TPSA) is 53.0 Å². The summed E-state index contributed by atoms with van der Waals surface area (Å²) in [5.41, 5.74) is 1.24. The van der Waals surface area contributed by atoms with Crippen LogP contribution in [0.4, 0.5) is 4.39 Å². The highest BCUT2D eigenvalue weighted by atomic mass is 19.1. The number of phenolic OH excluding ortho intramolecular Hbond substituents is 1. The number of benzene rings is 2. The molecule has 1 heterocycles. The van der Waals surface area contributed by atoms with E-state index in [1.165, 1.54) is 12.1 Å². The van der Waals surface area contributed by atoms with Crippen LogP contribution < -0.4 is 0 Å². The van der Waals surface area contributed by atoms with Crippen molar-refractivity contribution in [3.63, 3.8) is 0 Å². The molecule has 2 atom stereocenters. The number of amides is 1. The number of rotatable bonds is 4. The van der Waals surface area contributed by atoms with E-state index in [9.17, 15) is 14.3 Å². The second-order valence-corrected chi connectivity index (χ2v) is 6.69. The number of hydrogen-bond acceptors (Lipinski definition) is 4. The van der Waals surface area contributed by atoms with Crippen molar-refractivity contribution in [1.82, 2.24) is 9.80 Å². The summed E-state index contributed by atoms with van der Waals surface area (Å²) in [6, 6.07) is 13.2. The molecule has 26 heavy (non-hydrogen) atoms. The Kier molecular flexibility index (Phi) is 5.54. The van der Waals surface area contributed by atoms with Gasteiger partial charge in [-0.05, 0) is 37.9 Å². The van der Waals surface area contributed by atoms with Crippen molar-refractivity contribution in [3.8, 4) is 5.75 Å². The molecule has 5 nitrogen and oxygen atoms in total. The summed E-state index contributed by atoms with van der Waals surface area (Å²) >= 11 is 0. The van der Waals surface area contributed by atoms with Gasteiger partial charge in [0.25, 0.3) is 5.91 Å². The number of carbonyl (C=O) groups is 1. The number of ether oxygens (including phenoxy) is 1. The van der Waals surface area contributed by atoms with Crippen molar-refractivity contribution in [1.29, 1.82) is 0 Å². The lowest BCUT2D eigenvalue weighted by Gasteiger charge is -2.42. The summed E-state index contributed by atoms with van der Waals surface area (Å²) in [7, 11) is 3.92. The van der Waals surface area contributed by atoms with Gasteiger partial charge in [0.2, 0.25) is 0 Å². The lowest BCUT2D eigenvalue weighted by molar-refractivity contribution is -0.0684. The predicted molar refractivity (Wildman–Crippen MR) is 96.6 cm³/mol. The molecule has 6 heteroatoms. The van der Waals surface area contributed by atoms with Gasteiger partial charge in [0.1, 0.15) is 0 Å². The van der Waals surface area contributed by atoms with E-state index in [1.807, 2.05) is 49.3 Å². The standard InChI is InChI=1S/C20H23FN2O3/c1-22(2)13-18-19(14-6-4-3-5-7-14)23(10-11-26-18)20(25)15-8-9-16(21)17(24)12-15/h3-9,12,18-19,24H,10-11,13H2,1-2H3/t18-,19-/m0/s1. The maximum Gasteiger partial charge on any atom is 0.254 e. The molecule has 138 valence electrons. The third-order valence-corrected chi connectivity index (χ3v) is 4.49. The first kappa shape index (κ1) is 18.4. The Bertz CT molecular complexity index is 767. The zero-order valence-corrected chi connectivity index (χ0v) is 14.9. The first-order chi connectivity index (χ1) is 12.5. The second kappa shape index (κ2) is 7.85. The molecule has 1 fully saturated rings. The zero-order valence-electron chi connectivity index (χ0n) is 14.9. The van der Waals surface area contributed by atoms with Gasteiger partial charge in [-0.2, -0.15) is 0 Å². The molecule has 0 radical (unpaired) electrons. The lowest BCUT2D eigenvalue weighted by atomic mass is 9.96. The van der Waals surface area contributed by atoms with Crippen molar-refractivity contribution < 1.29 is 19.0 Å². The Morgan fingerprint density at radius 1 is 1.27 bits per heavy atom.